The molecule has 3 N–H and O–H groups in total. The van der Waals surface area contributed by atoms with E-state index in [-0.39, 0.29) is 67.3 Å². The van der Waals surface area contributed by atoms with Crippen molar-refractivity contribution in [3.05, 3.63) is 41.8 Å². The molecular weight excluding hydrogens is 903 g/mol. The Bertz CT molecular complexity index is 2010. The van der Waals surface area contributed by atoms with Crippen molar-refractivity contribution >= 4 is 29.2 Å². The molecule has 0 radical (unpaired) electrons. The van der Waals surface area contributed by atoms with E-state index in [1.807, 2.05) is 32.9 Å². The molecule has 0 spiro atoms. The van der Waals surface area contributed by atoms with Gasteiger partial charge in [-0.05, 0) is 124 Å². The van der Waals surface area contributed by atoms with Gasteiger partial charge in [-0.3, -0.25) is 19.2 Å². The molecule has 0 aromatic carbocycles. The summed E-state index contributed by atoms with van der Waals surface area (Å²) >= 11 is 0. The highest BCUT2D eigenvalue weighted by atomic mass is 16.6. The van der Waals surface area contributed by atoms with Crippen LogP contribution in [0.3, 0.4) is 0 Å². The number of esters is 1. The second-order valence-electron chi connectivity index (χ2n) is 20.8. The Morgan fingerprint density at radius 1 is 0.886 bits per heavy atom. The van der Waals surface area contributed by atoms with E-state index in [0.29, 0.717) is 62.5 Å². The molecule has 3 aliphatic heterocycles. The summed E-state index contributed by atoms with van der Waals surface area (Å²) in [6.45, 7) is 12.6. The number of amides is 1. The number of aliphatic hydroxyl groups is 3. The molecule has 2 bridgehead atoms. The van der Waals surface area contributed by atoms with Crippen LogP contribution >= 0.6 is 0 Å². The Morgan fingerprint density at radius 3 is 2.30 bits per heavy atom. The number of aliphatic hydroxyl groups excluding tert-OH is 2. The minimum absolute atomic E-state index is 0.0547. The van der Waals surface area contributed by atoms with Crippen LogP contribution in [-0.2, 0) is 47.7 Å². The Labute approximate surface area is 413 Å². The first-order valence-electron chi connectivity index (χ1n) is 25.4. The van der Waals surface area contributed by atoms with Crippen LogP contribution < -0.4 is 0 Å². The minimum atomic E-state index is -2.47. The van der Waals surface area contributed by atoms with Crippen LogP contribution in [0, 0.1) is 35.5 Å². The number of aromatic nitrogens is 4. The molecule has 1 aromatic rings. The van der Waals surface area contributed by atoms with Crippen molar-refractivity contribution in [3.63, 3.8) is 0 Å². The van der Waals surface area contributed by atoms with Crippen LogP contribution in [0.5, 0.6) is 0 Å². The van der Waals surface area contributed by atoms with Gasteiger partial charge in [0, 0.05) is 58.5 Å². The predicted molar refractivity (Wildman–Crippen MR) is 257 cm³/mol. The fraction of sp³-hybridized carbons (Fsp3) is 0.769. The van der Waals surface area contributed by atoms with Gasteiger partial charge in [-0.2, -0.15) is 0 Å². The number of fused-ring (bicyclic) bond motifs is 3. The molecule has 2 unspecified atom stereocenters. The number of allylic oxidation sites excluding steroid dienone is 2. The highest BCUT2D eigenvalue weighted by molar-refractivity contribution is 6.39. The number of carbonyl (C=O) groups excluding carboxylic acids is 5. The molecule has 16 atom stereocenters. The van der Waals surface area contributed by atoms with Gasteiger partial charge in [0.15, 0.2) is 5.78 Å². The van der Waals surface area contributed by atoms with Gasteiger partial charge in [-0.25, -0.2) is 9.48 Å². The molecule has 1 amide bonds. The van der Waals surface area contributed by atoms with E-state index in [4.69, 9.17) is 23.7 Å². The van der Waals surface area contributed by atoms with Crippen LogP contribution in [0.2, 0.25) is 0 Å². The van der Waals surface area contributed by atoms with Gasteiger partial charge in [-0.15, -0.1) is 5.10 Å². The third kappa shape index (κ3) is 14.3. The molecule has 1 aromatic heterocycles. The van der Waals surface area contributed by atoms with Gasteiger partial charge in [0.25, 0.3) is 11.7 Å². The number of ether oxygens (including phenoxy) is 5. The lowest BCUT2D eigenvalue weighted by Gasteiger charge is -2.42. The van der Waals surface area contributed by atoms with Gasteiger partial charge < -0.3 is 43.9 Å². The van der Waals surface area contributed by atoms with Gasteiger partial charge in [-0.1, -0.05) is 58.9 Å². The zero-order valence-corrected chi connectivity index (χ0v) is 43.1. The van der Waals surface area contributed by atoms with E-state index in [0.717, 1.165) is 12.8 Å². The van der Waals surface area contributed by atoms with E-state index in [1.165, 1.54) is 19.1 Å². The number of piperidine rings is 1. The number of rotatable bonds is 7. The van der Waals surface area contributed by atoms with Gasteiger partial charge in [0.1, 0.15) is 36.5 Å². The zero-order valence-electron chi connectivity index (χ0n) is 43.1. The molecule has 5 rings (SSSR count). The molecule has 3 fully saturated rings. The van der Waals surface area contributed by atoms with Gasteiger partial charge in [0.05, 0.1) is 30.5 Å². The SMILES string of the molecule is CO[C@H]1C[C@@H]2CC[C@@H](C)[C@@](O)(O2)C(=O)C(=O)N2CCCC[C@H]2C(=O)O[C@H]([C@H](C)C[C@@H]2CCC(n3cnnn3)[C@H](OC)C2)CC(=O)[C@H](C)/C=C(\C)[C@@H](O)[C@@H](OC)C(=O)[C@H](C)C[C@H](C)/C=C/CC(O)C=C1C. The highest BCUT2D eigenvalue weighted by Gasteiger charge is 2.53. The Hall–Kier alpha value is -4.04. The third-order valence-electron chi connectivity index (χ3n) is 15.5. The van der Waals surface area contributed by atoms with Crippen molar-refractivity contribution in [1.82, 2.24) is 25.1 Å². The van der Waals surface area contributed by atoms with Crippen molar-refractivity contribution in [2.45, 2.75) is 193 Å². The van der Waals surface area contributed by atoms with Crippen LogP contribution in [0.25, 0.3) is 0 Å². The second-order valence-corrected chi connectivity index (χ2v) is 20.8. The lowest BCUT2D eigenvalue weighted by molar-refractivity contribution is -0.265. The summed E-state index contributed by atoms with van der Waals surface area (Å²) in [5, 5.41) is 46.2. The number of ketones is 3. The first-order chi connectivity index (χ1) is 33.2. The first kappa shape index (κ1) is 56.9. The number of methoxy groups -OCH3 is 3. The maximum Gasteiger partial charge on any atom is 0.329 e. The van der Waals surface area contributed by atoms with Crippen LogP contribution in [0.1, 0.15) is 138 Å². The Morgan fingerprint density at radius 2 is 1.63 bits per heavy atom. The molecule has 1 aliphatic carbocycles. The van der Waals surface area contributed by atoms with Gasteiger partial charge >= 0.3 is 5.97 Å². The summed E-state index contributed by atoms with van der Waals surface area (Å²) in [4.78, 5) is 72.4. The molecule has 4 heterocycles. The Kier molecular flexibility index (Phi) is 21.2. The van der Waals surface area contributed by atoms with E-state index in [9.17, 15) is 39.3 Å². The molecule has 1 saturated carbocycles. The molecule has 70 heavy (non-hydrogen) atoms. The Balaban J connectivity index is 1.46. The van der Waals surface area contributed by atoms with Crippen molar-refractivity contribution in [2.24, 2.45) is 35.5 Å². The van der Waals surface area contributed by atoms with Crippen LogP contribution in [0.15, 0.2) is 41.8 Å². The fourth-order valence-electron chi connectivity index (χ4n) is 11.0. The summed E-state index contributed by atoms with van der Waals surface area (Å²) in [6.07, 6.45) is 8.65. The van der Waals surface area contributed by atoms with Crippen molar-refractivity contribution in [3.8, 4) is 0 Å². The number of hydrogen-bond acceptors (Lipinski definition) is 16. The summed E-state index contributed by atoms with van der Waals surface area (Å²) < 4.78 is 31.5. The minimum Gasteiger partial charge on any atom is -0.460 e. The molecule has 4 aliphatic rings. The molecular formula is C52H81N5O13. The maximum atomic E-state index is 14.5. The second kappa shape index (κ2) is 26.1. The lowest BCUT2D eigenvalue weighted by Crippen LogP contribution is -2.61. The normalized spacial score (nSPS) is 38.5. The third-order valence-corrected chi connectivity index (χ3v) is 15.5. The van der Waals surface area contributed by atoms with E-state index < -0.39 is 83.9 Å². The smallest absolute Gasteiger partial charge is 0.329 e. The number of carbonyl (C=O) groups is 5. The first-order valence-corrected chi connectivity index (χ1v) is 25.4. The molecule has 18 nitrogen and oxygen atoms in total. The number of cyclic esters (lactones) is 1. The predicted octanol–water partition coefficient (Wildman–Crippen LogP) is 5.24. The van der Waals surface area contributed by atoms with Crippen molar-refractivity contribution in [2.75, 3.05) is 27.9 Å². The number of tetrazole rings is 1. The largest absolute Gasteiger partial charge is 0.460 e. The van der Waals surface area contributed by atoms with Gasteiger partial charge in [0.2, 0.25) is 5.79 Å². The monoisotopic (exact) mass is 984 g/mol. The van der Waals surface area contributed by atoms with Crippen molar-refractivity contribution < 1.29 is 63.0 Å². The molecule has 392 valence electrons. The number of Topliss-reactive ketones (excluding diaryl/α,β-unsaturated/α-hetero) is 3. The van der Waals surface area contributed by atoms with E-state index in [2.05, 4.69) is 15.5 Å². The fourth-order valence-corrected chi connectivity index (χ4v) is 11.0. The number of hydrogen-bond donors (Lipinski definition) is 3. The quantitative estimate of drug-likeness (QED) is 0.180. The standard InChI is InChI=1S/C52H81N5O13/c1-30-14-13-15-38(58)25-33(4)43(66-8)27-39-19-17-36(7)52(65,70-39)49(62)50(63)56-21-12-11-16-41(56)51(64)69-44(32(3)24-37-18-20-40(45(26-37)67-9)57-29-53-54-55-57)28-42(59)31(2)23-35(6)47(61)48(68-10)46(60)34(5)22-30/h13-14,23,25,29-32,34,36-41,43-45,47-48,58,61,65H,11-12,15-22,24,26-28H2,1-10H3/b14-13+,33-25?,35-23+/t30-,31-,32-,34-,36-,37+,38?,39+,40?,41+,43+,44+,45-,47-,48+,52-/m1/s1. The van der Waals surface area contributed by atoms with Crippen LogP contribution in [0.4, 0.5) is 0 Å². The van der Waals surface area contributed by atoms with E-state index in [1.54, 1.807) is 58.0 Å². The maximum absolute atomic E-state index is 14.5. The average molecular weight is 984 g/mol. The topological polar surface area (TPSA) is 239 Å². The van der Waals surface area contributed by atoms with Crippen molar-refractivity contribution in [1.29, 1.82) is 0 Å². The summed E-state index contributed by atoms with van der Waals surface area (Å²) in [6, 6.07) is -1.22. The lowest BCUT2D eigenvalue weighted by atomic mass is 9.77. The summed E-state index contributed by atoms with van der Waals surface area (Å²) in [5.74, 6) is -8.27. The van der Waals surface area contributed by atoms with E-state index >= 15 is 0 Å². The highest BCUT2D eigenvalue weighted by Crippen LogP contribution is 2.39. The molecule has 2 saturated heterocycles. The summed E-state index contributed by atoms with van der Waals surface area (Å²) in [7, 11) is 4.54. The zero-order chi connectivity index (χ0) is 51.4. The molecule has 18 heteroatoms. The average Bonchev–Trinajstić information content (AvgIpc) is 3.88. The number of nitrogens with zero attached hydrogens (tertiary/aromatic N) is 5. The van der Waals surface area contributed by atoms with Crippen LogP contribution in [-0.4, -0.2) is 152 Å². The summed E-state index contributed by atoms with van der Waals surface area (Å²) in [5.41, 5.74) is 1.09.